The summed E-state index contributed by atoms with van der Waals surface area (Å²) < 4.78 is 0. The van der Waals surface area contributed by atoms with Crippen molar-refractivity contribution in [3.8, 4) is 0 Å². The highest BCUT2D eigenvalue weighted by atomic mass is 35.5. The number of nitrogens with one attached hydrogen (secondary N) is 1. The Kier molecular flexibility index (Phi) is 4.34. The Bertz CT molecular complexity index is 669. The number of hydrogen-bond acceptors (Lipinski definition) is 1. The van der Waals surface area contributed by atoms with E-state index in [1.165, 1.54) is 11.1 Å². The number of benzene rings is 2. The maximum absolute atomic E-state index is 12.5. The van der Waals surface area contributed by atoms with Gasteiger partial charge in [0.1, 0.15) is 0 Å². The average Bonchev–Trinajstić information content (AvgIpc) is 2.97. The van der Waals surface area contributed by atoms with E-state index in [1.54, 1.807) is 12.1 Å². The minimum Gasteiger partial charge on any atom is -0.317 e. The lowest BCUT2D eigenvalue weighted by Crippen LogP contribution is -2.34. The molecule has 3 nitrogen and oxygen atoms in total. The first kappa shape index (κ1) is 14.9. The summed E-state index contributed by atoms with van der Waals surface area (Å²) in [5, 5.41) is 3.56. The largest absolute Gasteiger partial charge is 0.322 e. The van der Waals surface area contributed by atoms with E-state index in [0.717, 1.165) is 25.1 Å². The van der Waals surface area contributed by atoms with Crippen LogP contribution in [0.4, 0.5) is 10.5 Å². The van der Waals surface area contributed by atoms with Crippen LogP contribution >= 0.6 is 11.6 Å². The van der Waals surface area contributed by atoms with E-state index in [4.69, 9.17) is 11.6 Å². The SMILES string of the molecule is Cc1ccc([C@@H]2CCCN2C(=O)Nc2cccc(Cl)c2)cc1. The number of hydrogen-bond donors (Lipinski definition) is 1. The summed E-state index contributed by atoms with van der Waals surface area (Å²) in [4.78, 5) is 14.5. The highest BCUT2D eigenvalue weighted by molar-refractivity contribution is 6.30. The molecule has 1 N–H and O–H groups in total. The first-order chi connectivity index (χ1) is 10.6. The van der Waals surface area contributed by atoms with Gasteiger partial charge in [-0.3, -0.25) is 0 Å². The van der Waals surface area contributed by atoms with Gasteiger partial charge in [-0.1, -0.05) is 47.5 Å². The summed E-state index contributed by atoms with van der Waals surface area (Å²) in [5.41, 5.74) is 3.16. The first-order valence-corrected chi connectivity index (χ1v) is 7.91. The van der Waals surface area contributed by atoms with Gasteiger partial charge in [-0.05, 0) is 43.5 Å². The lowest BCUT2D eigenvalue weighted by molar-refractivity contribution is 0.207. The number of aryl methyl sites for hydroxylation is 1. The van der Waals surface area contributed by atoms with Crippen LogP contribution in [-0.4, -0.2) is 17.5 Å². The van der Waals surface area contributed by atoms with Gasteiger partial charge >= 0.3 is 6.03 Å². The molecule has 0 saturated carbocycles. The normalized spacial score (nSPS) is 17.5. The first-order valence-electron chi connectivity index (χ1n) is 7.53. The topological polar surface area (TPSA) is 32.3 Å². The number of anilines is 1. The van der Waals surface area contributed by atoms with E-state index in [9.17, 15) is 4.79 Å². The van der Waals surface area contributed by atoms with Gasteiger partial charge in [0.05, 0.1) is 6.04 Å². The third-order valence-corrected chi connectivity index (χ3v) is 4.29. The Morgan fingerprint density at radius 1 is 1.23 bits per heavy atom. The Morgan fingerprint density at radius 3 is 2.73 bits per heavy atom. The molecule has 0 spiro atoms. The van der Waals surface area contributed by atoms with E-state index in [2.05, 4.69) is 36.5 Å². The number of carbonyl (C=O) groups excluding carboxylic acids is 1. The predicted molar refractivity (Wildman–Crippen MR) is 90.3 cm³/mol. The molecule has 0 aromatic heterocycles. The Morgan fingerprint density at radius 2 is 2.00 bits per heavy atom. The molecule has 2 amide bonds. The zero-order valence-corrected chi connectivity index (χ0v) is 13.3. The van der Waals surface area contributed by atoms with E-state index < -0.39 is 0 Å². The van der Waals surface area contributed by atoms with Crippen molar-refractivity contribution in [2.75, 3.05) is 11.9 Å². The number of nitrogens with zero attached hydrogens (tertiary/aromatic N) is 1. The second-order valence-electron chi connectivity index (χ2n) is 5.70. The van der Waals surface area contributed by atoms with E-state index in [0.29, 0.717) is 5.02 Å². The van der Waals surface area contributed by atoms with Crippen LogP contribution in [0, 0.1) is 6.92 Å². The summed E-state index contributed by atoms with van der Waals surface area (Å²) in [6.45, 7) is 2.85. The van der Waals surface area contributed by atoms with Gasteiger partial charge in [-0.25, -0.2) is 4.79 Å². The van der Waals surface area contributed by atoms with Crippen molar-refractivity contribution >= 4 is 23.3 Å². The molecule has 1 atom stereocenters. The van der Waals surface area contributed by atoms with Crippen LogP contribution in [0.15, 0.2) is 48.5 Å². The highest BCUT2D eigenvalue weighted by Crippen LogP contribution is 2.32. The van der Waals surface area contributed by atoms with Crippen LogP contribution in [0.3, 0.4) is 0 Å². The van der Waals surface area contributed by atoms with Crippen molar-refractivity contribution in [1.82, 2.24) is 4.90 Å². The van der Waals surface area contributed by atoms with Crippen molar-refractivity contribution in [2.45, 2.75) is 25.8 Å². The third-order valence-electron chi connectivity index (χ3n) is 4.05. The van der Waals surface area contributed by atoms with Crippen molar-refractivity contribution < 1.29 is 4.79 Å². The van der Waals surface area contributed by atoms with Gasteiger partial charge in [0.2, 0.25) is 0 Å². The minimum absolute atomic E-state index is 0.0645. The molecular weight excluding hydrogens is 296 g/mol. The number of carbonyl (C=O) groups is 1. The second kappa shape index (κ2) is 6.41. The summed E-state index contributed by atoms with van der Waals surface area (Å²) >= 11 is 5.96. The number of urea groups is 1. The monoisotopic (exact) mass is 314 g/mol. The number of rotatable bonds is 2. The van der Waals surface area contributed by atoms with Gasteiger partial charge in [0.25, 0.3) is 0 Å². The maximum atomic E-state index is 12.5. The van der Waals surface area contributed by atoms with Gasteiger partial charge < -0.3 is 10.2 Å². The average molecular weight is 315 g/mol. The molecule has 1 aliphatic rings. The third kappa shape index (κ3) is 3.25. The molecule has 1 saturated heterocycles. The molecule has 0 unspecified atom stereocenters. The fraction of sp³-hybridized carbons (Fsp3) is 0.278. The van der Waals surface area contributed by atoms with Crippen LogP contribution < -0.4 is 5.32 Å². The molecule has 4 heteroatoms. The standard InChI is InChI=1S/C18H19ClN2O/c1-13-7-9-14(10-8-13)17-6-3-11-21(17)18(22)20-16-5-2-4-15(19)12-16/h2,4-5,7-10,12,17H,3,6,11H2,1H3,(H,20,22)/t17-/m0/s1. The lowest BCUT2D eigenvalue weighted by Gasteiger charge is -2.25. The molecule has 3 rings (SSSR count). The van der Waals surface area contributed by atoms with Crippen molar-refractivity contribution in [3.63, 3.8) is 0 Å². The Balaban J connectivity index is 1.75. The van der Waals surface area contributed by atoms with Crippen molar-refractivity contribution in [1.29, 1.82) is 0 Å². The molecule has 22 heavy (non-hydrogen) atoms. The summed E-state index contributed by atoms with van der Waals surface area (Å²) in [5.74, 6) is 0. The zero-order chi connectivity index (χ0) is 15.5. The smallest absolute Gasteiger partial charge is 0.317 e. The summed E-state index contributed by atoms with van der Waals surface area (Å²) in [7, 11) is 0. The van der Waals surface area contributed by atoms with Crippen molar-refractivity contribution in [2.24, 2.45) is 0 Å². The molecule has 114 valence electrons. The van der Waals surface area contributed by atoms with Crippen LogP contribution in [0.2, 0.25) is 5.02 Å². The molecule has 1 fully saturated rings. The summed E-state index contributed by atoms with van der Waals surface area (Å²) in [6.07, 6.45) is 2.04. The Hall–Kier alpha value is -2.00. The molecule has 2 aromatic rings. The van der Waals surface area contributed by atoms with Crippen molar-refractivity contribution in [3.05, 3.63) is 64.7 Å². The van der Waals surface area contributed by atoms with E-state index >= 15 is 0 Å². The molecule has 1 heterocycles. The van der Waals surface area contributed by atoms with Crippen LogP contribution in [0.1, 0.15) is 30.0 Å². The van der Waals surface area contributed by atoms with E-state index in [-0.39, 0.29) is 12.1 Å². The summed E-state index contributed by atoms with van der Waals surface area (Å²) in [6, 6.07) is 15.8. The van der Waals surface area contributed by atoms with Crippen LogP contribution in [0.5, 0.6) is 0 Å². The molecule has 0 radical (unpaired) electrons. The zero-order valence-electron chi connectivity index (χ0n) is 12.6. The minimum atomic E-state index is -0.0645. The lowest BCUT2D eigenvalue weighted by atomic mass is 10.0. The Labute approximate surface area is 135 Å². The number of halogens is 1. The van der Waals surface area contributed by atoms with Gasteiger partial charge in [0, 0.05) is 17.3 Å². The molecule has 0 aliphatic carbocycles. The predicted octanol–water partition coefficient (Wildman–Crippen LogP) is 5.02. The van der Waals surface area contributed by atoms with E-state index in [1.807, 2.05) is 17.0 Å². The fourth-order valence-corrected chi connectivity index (χ4v) is 3.10. The molecule has 0 bridgehead atoms. The fourth-order valence-electron chi connectivity index (χ4n) is 2.91. The van der Waals surface area contributed by atoms with Crippen LogP contribution in [0.25, 0.3) is 0 Å². The van der Waals surface area contributed by atoms with Gasteiger partial charge in [-0.15, -0.1) is 0 Å². The number of likely N-dealkylation sites (tertiary alicyclic amines) is 1. The molecule has 2 aromatic carbocycles. The second-order valence-corrected chi connectivity index (χ2v) is 6.14. The number of amides is 2. The molecular formula is C18H19ClN2O. The van der Waals surface area contributed by atoms with Crippen LogP contribution in [-0.2, 0) is 0 Å². The maximum Gasteiger partial charge on any atom is 0.322 e. The molecule has 1 aliphatic heterocycles. The van der Waals surface area contributed by atoms with Gasteiger partial charge in [0.15, 0.2) is 0 Å². The highest BCUT2D eigenvalue weighted by Gasteiger charge is 2.29. The quantitative estimate of drug-likeness (QED) is 0.829. The van der Waals surface area contributed by atoms with Gasteiger partial charge in [-0.2, -0.15) is 0 Å².